The van der Waals surface area contributed by atoms with Gasteiger partial charge in [-0.3, -0.25) is 0 Å². The lowest BCUT2D eigenvalue weighted by molar-refractivity contribution is 0.125. The van der Waals surface area contributed by atoms with E-state index >= 15 is 0 Å². The monoisotopic (exact) mass is 859 g/mol. The summed E-state index contributed by atoms with van der Waals surface area (Å²) in [5.41, 5.74) is 0. The van der Waals surface area contributed by atoms with Crippen molar-refractivity contribution in [2.75, 3.05) is 13.2 Å². The Balaban J connectivity index is 3.06. The average Bonchev–Trinajstić information content (AvgIpc) is 3.27. The third-order valence-electron chi connectivity index (χ3n) is 14.3. The van der Waals surface area contributed by atoms with Crippen molar-refractivity contribution in [3.8, 4) is 0 Å². The van der Waals surface area contributed by atoms with Crippen molar-refractivity contribution in [1.82, 2.24) is 0 Å². The first-order valence-corrected chi connectivity index (χ1v) is 30.0. The molecule has 0 saturated carbocycles. The van der Waals surface area contributed by atoms with Crippen LogP contribution in [0.4, 0.5) is 0 Å². The van der Waals surface area contributed by atoms with E-state index in [1.165, 1.54) is 360 Å². The molecule has 1 nitrogen and oxygen atoms in total. The summed E-state index contributed by atoms with van der Waals surface area (Å²) in [6.07, 6.45) is 81.9. The van der Waals surface area contributed by atoms with Crippen molar-refractivity contribution in [2.45, 2.75) is 373 Å². The summed E-state index contributed by atoms with van der Waals surface area (Å²) in [5, 5.41) is 0. The quantitative estimate of drug-likeness (QED) is 0.0554. The molecular formula is C60H122O. The molecule has 0 heterocycles. The molecule has 0 aromatic carbocycles. The van der Waals surface area contributed by atoms with E-state index in [-0.39, 0.29) is 0 Å². The van der Waals surface area contributed by atoms with Gasteiger partial charge in [0.2, 0.25) is 0 Å². The van der Waals surface area contributed by atoms with Crippen LogP contribution < -0.4 is 0 Å². The molecule has 0 aliphatic heterocycles. The molecule has 0 aliphatic carbocycles. The van der Waals surface area contributed by atoms with Gasteiger partial charge in [0.1, 0.15) is 0 Å². The van der Waals surface area contributed by atoms with E-state index in [1.54, 1.807) is 0 Å². The third kappa shape index (κ3) is 60.0. The number of hydrogen-bond donors (Lipinski definition) is 0. The maximum atomic E-state index is 5.95. The summed E-state index contributed by atoms with van der Waals surface area (Å²) in [6.45, 7) is 6.62. The van der Waals surface area contributed by atoms with Gasteiger partial charge in [-0.1, -0.05) is 361 Å². The van der Waals surface area contributed by atoms with Gasteiger partial charge in [-0.25, -0.2) is 0 Å². The molecule has 0 N–H and O–H groups in total. The van der Waals surface area contributed by atoms with Crippen LogP contribution in [0.25, 0.3) is 0 Å². The van der Waals surface area contributed by atoms with E-state index < -0.39 is 0 Å². The van der Waals surface area contributed by atoms with Crippen molar-refractivity contribution in [3.63, 3.8) is 0 Å². The van der Waals surface area contributed by atoms with Crippen LogP contribution in [0.1, 0.15) is 373 Å². The Bertz CT molecular complexity index is 644. The maximum absolute atomic E-state index is 5.95. The zero-order valence-electron chi connectivity index (χ0n) is 43.4. The van der Waals surface area contributed by atoms with Crippen molar-refractivity contribution in [1.29, 1.82) is 0 Å². The highest BCUT2D eigenvalue weighted by Crippen LogP contribution is 2.19. The molecule has 0 unspecified atom stereocenters. The van der Waals surface area contributed by atoms with Gasteiger partial charge >= 0.3 is 0 Å². The van der Waals surface area contributed by atoms with Gasteiger partial charge in [0, 0.05) is 13.2 Å². The molecule has 0 rings (SSSR count). The minimum atomic E-state index is 0.999. The second-order valence-electron chi connectivity index (χ2n) is 20.7. The van der Waals surface area contributed by atoms with Gasteiger partial charge in [-0.05, 0) is 12.8 Å². The fraction of sp³-hybridized carbons (Fsp3) is 1.00. The maximum Gasteiger partial charge on any atom is 0.0466 e. The molecule has 368 valence electrons. The Morgan fingerprint density at radius 1 is 0.131 bits per heavy atom. The van der Waals surface area contributed by atoms with Crippen LogP contribution >= 0.6 is 0 Å². The molecule has 0 radical (unpaired) electrons. The SMILES string of the molecule is CCCCCCCCCCCCCCCCCCCCCCCCCCCCCCOCCCCCCCCCCCCCCCCCCCCCCCCCCCCCC. The first kappa shape index (κ1) is 61.0. The highest BCUT2D eigenvalue weighted by atomic mass is 16.5. The molecule has 0 aliphatic rings. The third-order valence-corrected chi connectivity index (χ3v) is 14.3. The Morgan fingerprint density at radius 3 is 0.344 bits per heavy atom. The Kier molecular flexibility index (Phi) is 59.9. The van der Waals surface area contributed by atoms with E-state index in [1.807, 2.05) is 0 Å². The first-order valence-electron chi connectivity index (χ1n) is 30.0. The van der Waals surface area contributed by atoms with Crippen LogP contribution in [0.5, 0.6) is 0 Å². The van der Waals surface area contributed by atoms with Gasteiger partial charge in [0.15, 0.2) is 0 Å². The minimum absolute atomic E-state index is 0.999. The van der Waals surface area contributed by atoms with Gasteiger partial charge in [-0.2, -0.15) is 0 Å². The van der Waals surface area contributed by atoms with Crippen molar-refractivity contribution >= 4 is 0 Å². The number of hydrogen-bond acceptors (Lipinski definition) is 1. The fourth-order valence-corrected chi connectivity index (χ4v) is 9.85. The summed E-state index contributed by atoms with van der Waals surface area (Å²) < 4.78 is 5.95. The molecule has 0 spiro atoms. The van der Waals surface area contributed by atoms with E-state index in [0.717, 1.165) is 13.2 Å². The van der Waals surface area contributed by atoms with Crippen LogP contribution in [0, 0.1) is 0 Å². The highest BCUT2D eigenvalue weighted by molar-refractivity contribution is 4.55. The van der Waals surface area contributed by atoms with Crippen LogP contribution in [0.15, 0.2) is 0 Å². The Hall–Kier alpha value is -0.0400. The molecule has 0 aromatic rings. The Labute approximate surface area is 389 Å². The van der Waals surface area contributed by atoms with Crippen molar-refractivity contribution in [2.24, 2.45) is 0 Å². The first-order chi connectivity index (χ1) is 30.4. The lowest BCUT2D eigenvalue weighted by atomic mass is 10.0. The van der Waals surface area contributed by atoms with Crippen LogP contribution in [0.3, 0.4) is 0 Å². The van der Waals surface area contributed by atoms with Crippen LogP contribution in [-0.2, 0) is 4.74 Å². The molecule has 0 fully saturated rings. The van der Waals surface area contributed by atoms with Gasteiger partial charge in [0.25, 0.3) is 0 Å². The number of rotatable bonds is 58. The summed E-state index contributed by atoms with van der Waals surface area (Å²) in [5.74, 6) is 0. The lowest BCUT2D eigenvalue weighted by Gasteiger charge is -2.06. The topological polar surface area (TPSA) is 9.23 Å². The lowest BCUT2D eigenvalue weighted by Crippen LogP contribution is -1.97. The largest absolute Gasteiger partial charge is 0.381 e. The van der Waals surface area contributed by atoms with Crippen molar-refractivity contribution in [3.05, 3.63) is 0 Å². The normalized spacial score (nSPS) is 11.7. The Morgan fingerprint density at radius 2 is 0.230 bits per heavy atom. The predicted octanol–water partition coefficient (Wildman–Crippen LogP) is 22.9. The van der Waals surface area contributed by atoms with Gasteiger partial charge < -0.3 is 4.74 Å². The van der Waals surface area contributed by atoms with E-state index in [2.05, 4.69) is 13.8 Å². The fourth-order valence-electron chi connectivity index (χ4n) is 9.85. The molecule has 0 amide bonds. The zero-order valence-corrected chi connectivity index (χ0v) is 43.4. The van der Waals surface area contributed by atoms with Gasteiger partial charge in [0.05, 0.1) is 0 Å². The molecular weight excluding hydrogens is 737 g/mol. The van der Waals surface area contributed by atoms with E-state index in [4.69, 9.17) is 4.74 Å². The van der Waals surface area contributed by atoms with E-state index in [9.17, 15) is 0 Å². The summed E-state index contributed by atoms with van der Waals surface area (Å²) in [4.78, 5) is 0. The molecule has 0 atom stereocenters. The smallest absolute Gasteiger partial charge is 0.0466 e. The summed E-state index contributed by atoms with van der Waals surface area (Å²) in [6, 6.07) is 0. The zero-order chi connectivity index (χ0) is 43.7. The van der Waals surface area contributed by atoms with Crippen LogP contribution in [0.2, 0.25) is 0 Å². The van der Waals surface area contributed by atoms with Crippen LogP contribution in [-0.4, -0.2) is 13.2 Å². The number of ether oxygens (including phenoxy) is 1. The van der Waals surface area contributed by atoms with Crippen molar-refractivity contribution < 1.29 is 4.74 Å². The molecule has 0 bridgehead atoms. The second kappa shape index (κ2) is 60.0. The van der Waals surface area contributed by atoms with Gasteiger partial charge in [-0.15, -0.1) is 0 Å². The molecule has 61 heavy (non-hydrogen) atoms. The molecule has 0 aromatic heterocycles. The standard InChI is InChI=1S/C60H122O/c1-3-5-7-9-11-13-15-17-19-21-23-25-27-29-31-33-35-37-39-41-43-45-47-49-51-53-55-57-59-61-60-58-56-54-52-50-48-46-44-42-40-38-36-34-32-30-28-26-24-22-20-18-16-14-12-10-8-6-4-2/h3-60H2,1-2H3. The van der Waals surface area contributed by atoms with E-state index in [0.29, 0.717) is 0 Å². The highest BCUT2D eigenvalue weighted by Gasteiger charge is 2.00. The molecule has 1 heteroatoms. The predicted molar refractivity (Wildman–Crippen MR) is 281 cm³/mol. The summed E-state index contributed by atoms with van der Waals surface area (Å²) in [7, 11) is 0. The average molecular weight is 860 g/mol. The minimum Gasteiger partial charge on any atom is -0.381 e. The second-order valence-corrected chi connectivity index (χ2v) is 20.7. The summed E-state index contributed by atoms with van der Waals surface area (Å²) >= 11 is 0. The number of unbranched alkanes of at least 4 members (excludes halogenated alkanes) is 54. The molecule has 0 saturated heterocycles.